The van der Waals surface area contributed by atoms with Gasteiger partial charge in [-0.15, -0.1) is 0 Å². The Kier molecular flexibility index (Phi) is 2.44. The maximum Gasteiger partial charge on any atom is 0.344 e. The van der Waals surface area contributed by atoms with E-state index in [2.05, 4.69) is 0 Å². The summed E-state index contributed by atoms with van der Waals surface area (Å²) in [6.45, 7) is 1.57. The first-order valence-corrected chi connectivity index (χ1v) is 5.91. The molecule has 0 unspecified atom stereocenters. The number of fused-ring (bicyclic) bond motifs is 2. The lowest BCUT2D eigenvalue weighted by atomic mass is 10.0. The molecule has 0 radical (unpaired) electrons. The van der Waals surface area contributed by atoms with E-state index in [1.54, 1.807) is 0 Å². The first kappa shape index (κ1) is 10.8. The van der Waals surface area contributed by atoms with Crippen molar-refractivity contribution in [3.8, 4) is 0 Å². The molecule has 7 heteroatoms. The molecule has 3 heterocycles. The molecule has 1 N–H and O–H groups in total. The van der Waals surface area contributed by atoms with Gasteiger partial charge >= 0.3 is 6.03 Å². The molecule has 3 amide bonds. The van der Waals surface area contributed by atoms with E-state index in [9.17, 15) is 14.8 Å². The molecule has 3 rings (SSSR count). The van der Waals surface area contributed by atoms with Crippen molar-refractivity contribution in [1.29, 1.82) is 0 Å². The van der Waals surface area contributed by atoms with E-state index in [-0.39, 0.29) is 11.9 Å². The Morgan fingerprint density at radius 3 is 2.94 bits per heavy atom. The first-order chi connectivity index (χ1) is 8.18. The fraction of sp³-hybridized carbons (Fsp3) is 0.800. The van der Waals surface area contributed by atoms with Gasteiger partial charge in [0, 0.05) is 6.54 Å². The molecule has 2 atom stereocenters. The minimum absolute atomic E-state index is 0.161. The highest BCUT2D eigenvalue weighted by molar-refractivity contribution is 5.88. The third-order valence-corrected chi connectivity index (χ3v) is 3.63. The number of carbonyl (C=O) groups is 2. The molecule has 7 nitrogen and oxygen atoms in total. The van der Waals surface area contributed by atoms with Gasteiger partial charge in [0.1, 0.15) is 6.04 Å². The van der Waals surface area contributed by atoms with Crippen molar-refractivity contribution in [3.63, 3.8) is 0 Å². The van der Waals surface area contributed by atoms with E-state index in [1.807, 2.05) is 0 Å². The van der Waals surface area contributed by atoms with Crippen LogP contribution >= 0.6 is 0 Å². The molecule has 0 aliphatic carbocycles. The zero-order valence-corrected chi connectivity index (χ0v) is 9.41. The van der Waals surface area contributed by atoms with E-state index < -0.39 is 12.1 Å². The van der Waals surface area contributed by atoms with Crippen LogP contribution in [0.1, 0.15) is 19.3 Å². The predicted octanol–water partition coefficient (Wildman–Crippen LogP) is -0.192. The molecule has 0 aromatic rings. The number of piperidine rings is 1. The number of hydroxylamine groups is 4. The average molecular weight is 241 g/mol. The van der Waals surface area contributed by atoms with Crippen molar-refractivity contribution in [2.45, 2.75) is 31.3 Å². The van der Waals surface area contributed by atoms with E-state index in [4.69, 9.17) is 4.84 Å². The Hall–Kier alpha value is -1.34. The summed E-state index contributed by atoms with van der Waals surface area (Å²) in [4.78, 5) is 30.5. The quantitative estimate of drug-likeness (QED) is 0.646. The SMILES string of the molecule is O=C([C@@H]1CC[C@@H]2CN1C(=O)N2O)N1CCCO1. The largest absolute Gasteiger partial charge is 0.344 e. The molecular weight excluding hydrogens is 226 g/mol. The molecule has 2 bridgehead atoms. The summed E-state index contributed by atoms with van der Waals surface area (Å²) in [5, 5.41) is 11.6. The third-order valence-electron chi connectivity index (χ3n) is 3.63. The van der Waals surface area contributed by atoms with E-state index in [0.29, 0.717) is 32.5 Å². The second kappa shape index (κ2) is 3.85. The van der Waals surface area contributed by atoms with Gasteiger partial charge in [0.15, 0.2) is 0 Å². The number of amides is 3. The van der Waals surface area contributed by atoms with Crippen molar-refractivity contribution in [3.05, 3.63) is 0 Å². The predicted molar refractivity (Wildman–Crippen MR) is 54.8 cm³/mol. The van der Waals surface area contributed by atoms with Crippen LogP contribution in [0.5, 0.6) is 0 Å². The Morgan fingerprint density at radius 2 is 2.24 bits per heavy atom. The van der Waals surface area contributed by atoms with Crippen molar-refractivity contribution in [2.24, 2.45) is 0 Å². The van der Waals surface area contributed by atoms with Crippen molar-refractivity contribution < 1.29 is 19.6 Å². The highest BCUT2D eigenvalue weighted by Crippen LogP contribution is 2.29. The van der Waals surface area contributed by atoms with Crippen LogP contribution in [-0.2, 0) is 9.63 Å². The number of carbonyl (C=O) groups excluding carboxylic acids is 2. The number of urea groups is 1. The summed E-state index contributed by atoms with van der Waals surface area (Å²) in [5.41, 5.74) is 0. The number of hydrogen-bond donors (Lipinski definition) is 1. The summed E-state index contributed by atoms with van der Waals surface area (Å²) < 4.78 is 0. The normalized spacial score (nSPS) is 32.5. The minimum atomic E-state index is -0.478. The van der Waals surface area contributed by atoms with Crippen molar-refractivity contribution in [2.75, 3.05) is 19.7 Å². The first-order valence-electron chi connectivity index (χ1n) is 5.91. The summed E-state index contributed by atoms with van der Waals surface area (Å²) >= 11 is 0. The molecule has 3 fully saturated rings. The lowest BCUT2D eigenvalue weighted by Crippen LogP contribution is -2.50. The van der Waals surface area contributed by atoms with Gasteiger partial charge in [-0.05, 0) is 19.3 Å². The smallest absolute Gasteiger partial charge is 0.309 e. The summed E-state index contributed by atoms with van der Waals surface area (Å²) in [6, 6.07) is -1.11. The number of hydrogen-bond acceptors (Lipinski definition) is 4. The van der Waals surface area contributed by atoms with Crippen molar-refractivity contribution in [1.82, 2.24) is 15.0 Å². The Labute approximate surface area is 98.4 Å². The Morgan fingerprint density at radius 1 is 1.41 bits per heavy atom. The highest BCUT2D eigenvalue weighted by atomic mass is 16.7. The second-order valence-corrected chi connectivity index (χ2v) is 4.65. The van der Waals surface area contributed by atoms with Crippen LogP contribution in [0.2, 0.25) is 0 Å². The van der Waals surface area contributed by atoms with Crippen LogP contribution in [0.25, 0.3) is 0 Å². The molecule has 3 aliphatic rings. The molecule has 0 spiro atoms. The van der Waals surface area contributed by atoms with Crippen LogP contribution in [0.3, 0.4) is 0 Å². The average Bonchev–Trinajstić information content (AvgIpc) is 2.94. The summed E-state index contributed by atoms with van der Waals surface area (Å²) in [7, 11) is 0. The lowest BCUT2D eigenvalue weighted by Gasteiger charge is -2.31. The van der Waals surface area contributed by atoms with Crippen LogP contribution in [-0.4, -0.2) is 64.0 Å². The molecule has 0 aromatic heterocycles. The molecule has 0 saturated carbocycles. The van der Waals surface area contributed by atoms with Crippen LogP contribution < -0.4 is 0 Å². The molecule has 3 aliphatic heterocycles. The van der Waals surface area contributed by atoms with Crippen LogP contribution in [0.15, 0.2) is 0 Å². The van der Waals surface area contributed by atoms with Gasteiger partial charge in [-0.2, -0.15) is 0 Å². The Bertz CT molecular complexity index is 355. The van der Waals surface area contributed by atoms with Crippen molar-refractivity contribution >= 4 is 11.9 Å². The zero-order valence-electron chi connectivity index (χ0n) is 9.41. The highest BCUT2D eigenvalue weighted by Gasteiger charge is 2.48. The van der Waals surface area contributed by atoms with Gasteiger partial charge in [-0.25, -0.2) is 14.9 Å². The molecule has 3 saturated heterocycles. The molecule has 94 valence electrons. The fourth-order valence-corrected chi connectivity index (χ4v) is 2.69. The summed E-state index contributed by atoms with van der Waals surface area (Å²) in [5.74, 6) is -0.162. The standard InChI is InChI=1S/C10H15N3O4/c14-9(12-4-1-5-17-12)8-3-2-7-6-11(8)10(15)13(7)16/h7-8,16H,1-6H2/t7-,8+/m1/s1. The van der Waals surface area contributed by atoms with Gasteiger partial charge in [-0.1, -0.05) is 0 Å². The fourth-order valence-electron chi connectivity index (χ4n) is 2.69. The topological polar surface area (TPSA) is 73.3 Å². The van der Waals surface area contributed by atoms with Crippen LogP contribution in [0.4, 0.5) is 4.79 Å². The maximum atomic E-state index is 12.1. The van der Waals surface area contributed by atoms with Gasteiger partial charge in [0.2, 0.25) is 0 Å². The number of rotatable bonds is 1. The monoisotopic (exact) mass is 241 g/mol. The van der Waals surface area contributed by atoms with E-state index >= 15 is 0 Å². The van der Waals surface area contributed by atoms with E-state index in [1.165, 1.54) is 9.96 Å². The van der Waals surface area contributed by atoms with Gasteiger partial charge in [-0.3, -0.25) is 14.8 Å². The third kappa shape index (κ3) is 1.57. The second-order valence-electron chi connectivity index (χ2n) is 4.65. The number of nitrogens with zero attached hydrogens (tertiary/aromatic N) is 3. The molecule has 17 heavy (non-hydrogen) atoms. The zero-order chi connectivity index (χ0) is 12.0. The van der Waals surface area contributed by atoms with E-state index in [0.717, 1.165) is 11.5 Å². The maximum absolute atomic E-state index is 12.1. The van der Waals surface area contributed by atoms with Gasteiger partial charge in [0.25, 0.3) is 5.91 Å². The van der Waals surface area contributed by atoms with Gasteiger partial charge < -0.3 is 4.90 Å². The Balaban J connectivity index is 1.75. The molecular formula is C10H15N3O4. The van der Waals surface area contributed by atoms with Gasteiger partial charge in [0.05, 0.1) is 19.2 Å². The van der Waals surface area contributed by atoms with Crippen LogP contribution in [0, 0.1) is 0 Å². The minimum Gasteiger partial charge on any atom is -0.309 e. The lowest BCUT2D eigenvalue weighted by molar-refractivity contribution is -0.174. The summed E-state index contributed by atoms with van der Waals surface area (Å²) in [6.07, 6.45) is 2.08. The molecule has 0 aromatic carbocycles.